The van der Waals surface area contributed by atoms with Crippen LogP contribution in [0.3, 0.4) is 0 Å². The van der Waals surface area contributed by atoms with Gasteiger partial charge in [-0.2, -0.15) is 5.26 Å². The lowest BCUT2D eigenvalue weighted by atomic mass is 10.0. The first-order valence-corrected chi connectivity index (χ1v) is 6.85. The van der Waals surface area contributed by atoms with Crippen molar-refractivity contribution in [1.29, 1.82) is 5.26 Å². The Bertz CT molecular complexity index is 865. The first kappa shape index (κ1) is 14.6. The summed E-state index contributed by atoms with van der Waals surface area (Å²) in [5.41, 5.74) is 2.26. The highest BCUT2D eigenvalue weighted by molar-refractivity contribution is 5.90. The third-order valence-electron chi connectivity index (χ3n) is 3.54. The summed E-state index contributed by atoms with van der Waals surface area (Å²) < 4.78 is 10.5. The molecule has 0 spiro atoms. The molecule has 23 heavy (non-hydrogen) atoms. The number of nitriles is 1. The van der Waals surface area contributed by atoms with Crippen molar-refractivity contribution < 1.29 is 14.4 Å². The fraction of sp³-hybridized carbons (Fsp3) is 0.118. The minimum atomic E-state index is -0.431. The standard InChI is InChI=1S/C17H12N2O4/c1-11-2-3-12(7-15(11)19(20)21)6-14(9-18)13-4-5-16-17(8-13)23-10-22-16/h2-8H,10H2,1H3/b14-6-. The molecule has 0 radical (unpaired) electrons. The Labute approximate surface area is 132 Å². The van der Waals surface area contributed by atoms with Crippen molar-refractivity contribution in [3.8, 4) is 17.6 Å². The van der Waals surface area contributed by atoms with E-state index in [1.807, 2.05) is 0 Å². The molecule has 1 heterocycles. The van der Waals surface area contributed by atoms with Gasteiger partial charge in [-0.1, -0.05) is 12.1 Å². The number of ether oxygens (including phenoxy) is 2. The number of nitrogens with zero attached hydrogens (tertiary/aromatic N) is 2. The smallest absolute Gasteiger partial charge is 0.272 e. The summed E-state index contributed by atoms with van der Waals surface area (Å²) in [6, 6.07) is 12.2. The molecule has 0 aliphatic carbocycles. The lowest BCUT2D eigenvalue weighted by Gasteiger charge is -2.03. The second-order valence-electron chi connectivity index (χ2n) is 5.04. The number of aryl methyl sites for hydroxylation is 1. The average Bonchev–Trinajstić information content (AvgIpc) is 3.01. The number of hydrogen-bond acceptors (Lipinski definition) is 5. The van der Waals surface area contributed by atoms with Crippen LogP contribution in [0.15, 0.2) is 36.4 Å². The van der Waals surface area contributed by atoms with Gasteiger partial charge in [0.25, 0.3) is 5.69 Å². The zero-order chi connectivity index (χ0) is 16.4. The van der Waals surface area contributed by atoms with Crippen LogP contribution in [0.25, 0.3) is 11.6 Å². The highest BCUT2D eigenvalue weighted by Crippen LogP contribution is 2.35. The molecular weight excluding hydrogens is 296 g/mol. The molecule has 114 valence electrons. The van der Waals surface area contributed by atoms with Gasteiger partial charge in [-0.15, -0.1) is 0 Å². The molecule has 0 atom stereocenters. The number of rotatable bonds is 3. The molecule has 1 aliphatic rings. The van der Waals surface area contributed by atoms with Crippen molar-refractivity contribution in [2.45, 2.75) is 6.92 Å². The number of benzene rings is 2. The Morgan fingerprint density at radius 3 is 2.78 bits per heavy atom. The van der Waals surface area contributed by atoms with E-state index in [4.69, 9.17) is 9.47 Å². The van der Waals surface area contributed by atoms with Gasteiger partial charge < -0.3 is 9.47 Å². The zero-order valence-electron chi connectivity index (χ0n) is 12.3. The lowest BCUT2D eigenvalue weighted by Crippen LogP contribution is -1.93. The lowest BCUT2D eigenvalue weighted by molar-refractivity contribution is -0.385. The molecule has 6 heteroatoms. The van der Waals surface area contributed by atoms with E-state index in [-0.39, 0.29) is 12.5 Å². The van der Waals surface area contributed by atoms with E-state index in [9.17, 15) is 15.4 Å². The molecule has 0 amide bonds. The van der Waals surface area contributed by atoms with Gasteiger partial charge in [0.05, 0.1) is 16.6 Å². The summed E-state index contributed by atoms with van der Waals surface area (Å²) in [7, 11) is 0. The summed E-state index contributed by atoms with van der Waals surface area (Å²) >= 11 is 0. The first-order chi connectivity index (χ1) is 11.1. The summed E-state index contributed by atoms with van der Waals surface area (Å²) in [5, 5.41) is 20.4. The molecular formula is C17H12N2O4. The number of allylic oxidation sites excluding steroid dienone is 1. The molecule has 0 fully saturated rings. The van der Waals surface area contributed by atoms with E-state index < -0.39 is 4.92 Å². The van der Waals surface area contributed by atoms with Crippen molar-refractivity contribution >= 4 is 17.3 Å². The molecule has 0 aromatic heterocycles. The number of fused-ring (bicyclic) bond motifs is 1. The predicted octanol–water partition coefficient (Wildman–Crippen LogP) is 3.70. The summed E-state index contributed by atoms with van der Waals surface area (Å²) in [4.78, 5) is 10.6. The minimum Gasteiger partial charge on any atom is -0.454 e. The van der Waals surface area contributed by atoms with Crippen molar-refractivity contribution in [2.75, 3.05) is 6.79 Å². The maximum Gasteiger partial charge on any atom is 0.272 e. The molecule has 0 bridgehead atoms. The monoisotopic (exact) mass is 308 g/mol. The van der Waals surface area contributed by atoms with Crippen molar-refractivity contribution in [1.82, 2.24) is 0 Å². The van der Waals surface area contributed by atoms with Gasteiger partial charge in [0.1, 0.15) is 0 Å². The van der Waals surface area contributed by atoms with Crippen LogP contribution in [0.5, 0.6) is 11.5 Å². The largest absolute Gasteiger partial charge is 0.454 e. The molecule has 6 nitrogen and oxygen atoms in total. The topological polar surface area (TPSA) is 85.4 Å². The minimum absolute atomic E-state index is 0.0294. The Morgan fingerprint density at radius 2 is 2.04 bits per heavy atom. The quantitative estimate of drug-likeness (QED) is 0.373. The number of nitro benzene ring substituents is 1. The third-order valence-corrected chi connectivity index (χ3v) is 3.54. The zero-order valence-corrected chi connectivity index (χ0v) is 12.3. The molecule has 3 rings (SSSR count). The molecule has 0 saturated heterocycles. The van der Waals surface area contributed by atoms with Crippen LogP contribution in [-0.4, -0.2) is 11.7 Å². The molecule has 1 aliphatic heterocycles. The van der Waals surface area contributed by atoms with Crippen molar-refractivity contribution in [3.05, 3.63) is 63.2 Å². The van der Waals surface area contributed by atoms with Crippen LogP contribution in [-0.2, 0) is 0 Å². The van der Waals surface area contributed by atoms with Gasteiger partial charge in [-0.25, -0.2) is 0 Å². The highest BCUT2D eigenvalue weighted by atomic mass is 16.7. The van der Waals surface area contributed by atoms with E-state index >= 15 is 0 Å². The molecule has 0 saturated carbocycles. The SMILES string of the molecule is Cc1ccc(/C=C(/C#N)c2ccc3c(c2)OCO3)cc1[N+](=O)[O-]. The fourth-order valence-electron chi connectivity index (χ4n) is 2.32. The Hall–Kier alpha value is -3.33. The highest BCUT2D eigenvalue weighted by Gasteiger charge is 2.15. The third kappa shape index (κ3) is 2.85. The maximum absolute atomic E-state index is 11.0. The maximum atomic E-state index is 11.0. The van der Waals surface area contributed by atoms with Crippen LogP contribution in [0.1, 0.15) is 16.7 Å². The normalized spacial score (nSPS) is 12.8. The van der Waals surface area contributed by atoms with Gasteiger partial charge in [-0.05, 0) is 42.3 Å². The van der Waals surface area contributed by atoms with Crippen molar-refractivity contribution in [3.63, 3.8) is 0 Å². The van der Waals surface area contributed by atoms with E-state index in [1.165, 1.54) is 6.07 Å². The van der Waals surface area contributed by atoms with Crippen LogP contribution in [0.4, 0.5) is 5.69 Å². The molecule has 2 aromatic carbocycles. The van der Waals surface area contributed by atoms with Crippen LogP contribution >= 0.6 is 0 Å². The Kier molecular flexibility index (Phi) is 3.69. The summed E-state index contributed by atoms with van der Waals surface area (Å²) in [5.74, 6) is 1.22. The predicted molar refractivity (Wildman–Crippen MR) is 83.9 cm³/mol. The molecule has 0 unspecified atom stereocenters. The summed E-state index contributed by atoms with van der Waals surface area (Å²) in [6.45, 7) is 1.84. The van der Waals surface area contributed by atoms with Gasteiger partial charge in [0, 0.05) is 11.6 Å². The van der Waals surface area contributed by atoms with E-state index in [2.05, 4.69) is 6.07 Å². The first-order valence-electron chi connectivity index (χ1n) is 6.85. The second-order valence-corrected chi connectivity index (χ2v) is 5.04. The van der Waals surface area contributed by atoms with E-state index in [0.717, 1.165) is 0 Å². The van der Waals surface area contributed by atoms with Gasteiger partial charge in [0.2, 0.25) is 6.79 Å². The average molecular weight is 308 g/mol. The number of nitro groups is 1. The van der Waals surface area contributed by atoms with Crippen molar-refractivity contribution in [2.24, 2.45) is 0 Å². The van der Waals surface area contributed by atoms with Crippen LogP contribution in [0, 0.1) is 28.4 Å². The second kappa shape index (κ2) is 5.81. The molecule has 0 N–H and O–H groups in total. The van der Waals surface area contributed by atoms with Gasteiger partial charge in [0.15, 0.2) is 11.5 Å². The fourth-order valence-corrected chi connectivity index (χ4v) is 2.32. The summed E-state index contributed by atoms with van der Waals surface area (Å²) in [6.07, 6.45) is 1.62. The van der Waals surface area contributed by atoms with Crippen LogP contribution < -0.4 is 9.47 Å². The van der Waals surface area contributed by atoms with E-state index in [1.54, 1.807) is 43.3 Å². The van der Waals surface area contributed by atoms with Gasteiger partial charge >= 0.3 is 0 Å². The van der Waals surface area contributed by atoms with Crippen LogP contribution in [0.2, 0.25) is 0 Å². The number of hydrogen-bond donors (Lipinski definition) is 0. The Balaban J connectivity index is 2.01. The van der Waals surface area contributed by atoms with E-state index in [0.29, 0.717) is 33.8 Å². The van der Waals surface area contributed by atoms with Gasteiger partial charge in [-0.3, -0.25) is 10.1 Å². The molecule has 2 aromatic rings. The Morgan fingerprint density at radius 1 is 1.26 bits per heavy atom.